The van der Waals surface area contributed by atoms with Crippen LogP contribution in [0.15, 0.2) is 54.6 Å². The number of hydrogen-bond donors (Lipinski definition) is 2. The highest BCUT2D eigenvalue weighted by Gasteiger charge is 2.11. The summed E-state index contributed by atoms with van der Waals surface area (Å²) in [5.41, 5.74) is 4.07. The molecule has 3 rings (SSSR count). The van der Waals surface area contributed by atoms with Gasteiger partial charge in [0.1, 0.15) is 5.69 Å². The van der Waals surface area contributed by atoms with Crippen molar-refractivity contribution in [2.45, 2.75) is 13.8 Å². The molecule has 0 fully saturated rings. The van der Waals surface area contributed by atoms with Crippen LogP contribution in [-0.2, 0) is 0 Å². The molecule has 3 aromatic rings. The Kier molecular flexibility index (Phi) is 4.90. The fraction of sp³-hybridized carbons (Fsp3) is 0.100. The normalized spacial score (nSPS) is 10.0. The Bertz CT molecular complexity index is 973. The number of aryl methyl sites for hydroxylation is 2. The molecule has 0 aliphatic carbocycles. The van der Waals surface area contributed by atoms with Gasteiger partial charge in [0, 0.05) is 17.1 Å². The van der Waals surface area contributed by atoms with Gasteiger partial charge in [-0.2, -0.15) is 5.26 Å². The number of rotatable bonds is 4. The molecule has 6 heteroatoms. The molecule has 0 aliphatic rings. The number of nitrogens with zero attached hydrogens (tertiary/aromatic N) is 3. The monoisotopic (exact) mass is 343 g/mol. The van der Waals surface area contributed by atoms with Gasteiger partial charge in [0.2, 0.25) is 5.95 Å². The molecule has 2 aromatic carbocycles. The van der Waals surface area contributed by atoms with Crippen molar-refractivity contribution in [3.05, 3.63) is 77.1 Å². The molecule has 0 saturated carbocycles. The van der Waals surface area contributed by atoms with Crippen LogP contribution >= 0.6 is 0 Å². The average molecular weight is 343 g/mol. The number of benzene rings is 2. The quantitative estimate of drug-likeness (QED) is 0.748. The molecule has 26 heavy (non-hydrogen) atoms. The Labute approximate surface area is 151 Å². The highest BCUT2D eigenvalue weighted by molar-refractivity contribution is 6.03. The van der Waals surface area contributed by atoms with Crippen molar-refractivity contribution in [2.24, 2.45) is 0 Å². The molecule has 0 bridgehead atoms. The van der Waals surface area contributed by atoms with Gasteiger partial charge in [0.05, 0.1) is 11.6 Å². The van der Waals surface area contributed by atoms with Gasteiger partial charge in [-0.15, -0.1) is 0 Å². The van der Waals surface area contributed by atoms with E-state index >= 15 is 0 Å². The SMILES string of the molecule is Cc1ccc(Nc2nc(C)cc(C(=O)Nc3ccc(C#N)cc3)n2)cc1. The van der Waals surface area contributed by atoms with Crippen molar-refractivity contribution in [1.82, 2.24) is 9.97 Å². The number of anilines is 3. The molecular weight excluding hydrogens is 326 g/mol. The van der Waals surface area contributed by atoms with Crippen molar-refractivity contribution in [1.29, 1.82) is 5.26 Å². The largest absolute Gasteiger partial charge is 0.324 e. The van der Waals surface area contributed by atoms with Crippen LogP contribution in [0.3, 0.4) is 0 Å². The van der Waals surface area contributed by atoms with Crippen LogP contribution in [-0.4, -0.2) is 15.9 Å². The number of hydrogen-bond acceptors (Lipinski definition) is 5. The van der Waals surface area contributed by atoms with Crippen LogP contribution in [0.5, 0.6) is 0 Å². The van der Waals surface area contributed by atoms with Gasteiger partial charge in [-0.1, -0.05) is 17.7 Å². The Balaban J connectivity index is 1.78. The predicted octanol–water partition coefficient (Wildman–Crippen LogP) is 3.96. The lowest BCUT2D eigenvalue weighted by Gasteiger charge is -2.09. The molecule has 0 unspecified atom stereocenters. The number of carbonyl (C=O) groups excluding carboxylic acids is 1. The van der Waals surface area contributed by atoms with E-state index in [1.165, 1.54) is 0 Å². The van der Waals surface area contributed by atoms with Gasteiger partial charge in [-0.05, 0) is 56.3 Å². The van der Waals surface area contributed by atoms with Crippen LogP contribution in [0.2, 0.25) is 0 Å². The number of carbonyl (C=O) groups is 1. The topological polar surface area (TPSA) is 90.7 Å². The summed E-state index contributed by atoms with van der Waals surface area (Å²) in [4.78, 5) is 21.1. The number of amides is 1. The molecule has 0 aliphatic heterocycles. The van der Waals surface area contributed by atoms with E-state index in [0.717, 1.165) is 11.3 Å². The zero-order valence-corrected chi connectivity index (χ0v) is 14.4. The van der Waals surface area contributed by atoms with Gasteiger partial charge in [-0.3, -0.25) is 4.79 Å². The highest BCUT2D eigenvalue weighted by Crippen LogP contribution is 2.16. The van der Waals surface area contributed by atoms with Gasteiger partial charge < -0.3 is 10.6 Å². The van der Waals surface area contributed by atoms with Crippen molar-refractivity contribution >= 4 is 23.2 Å². The summed E-state index contributed by atoms with van der Waals surface area (Å²) in [5, 5.41) is 14.7. The maximum absolute atomic E-state index is 12.5. The fourth-order valence-corrected chi connectivity index (χ4v) is 2.33. The van der Waals surface area contributed by atoms with E-state index < -0.39 is 0 Å². The van der Waals surface area contributed by atoms with E-state index in [4.69, 9.17) is 5.26 Å². The molecule has 6 nitrogen and oxygen atoms in total. The van der Waals surface area contributed by atoms with E-state index in [1.54, 1.807) is 37.3 Å². The van der Waals surface area contributed by atoms with E-state index in [2.05, 4.69) is 20.6 Å². The highest BCUT2D eigenvalue weighted by atomic mass is 16.1. The number of aromatic nitrogens is 2. The molecule has 0 radical (unpaired) electrons. The standard InChI is InChI=1S/C20H17N5O/c1-13-3-7-17(8-4-13)24-20-22-14(2)11-18(25-20)19(26)23-16-9-5-15(12-21)6-10-16/h3-11H,1-2H3,(H,23,26)(H,22,24,25). The Hall–Kier alpha value is -3.72. The summed E-state index contributed by atoms with van der Waals surface area (Å²) < 4.78 is 0. The Morgan fingerprint density at radius 2 is 1.62 bits per heavy atom. The van der Waals surface area contributed by atoms with Crippen LogP contribution in [0.25, 0.3) is 0 Å². The Morgan fingerprint density at radius 1 is 0.962 bits per heavy atom. The van der Waals surface area contributed by atoms with E-state index in [-0.39, 0.29) is 11.6 Å². The lowest BCUT2D eigenvalue weighted by molar-refractivity contribution is 0.102. The van der Waals surface area contributed by atoms with Crippen LogP contribution in [0.1, 0.15) is 27.3 Å². The minimum Gasteiger partial charge on any atom is -0.324 e. The first-order chi connectivity index (χ1) is 12.5. The van der Waals surface area contributed by atoms with Crippen LogP contribution < -0.4 is 10.6 Å². The fourth-order valence-electron chi connectivity index (χ4n) is 2.33. The molecule has 2 N–H and O–H groups in total. The first kappa shape index (κ1) is 17.1. The van der Waals surface area contributed by atoms with Crippen LogP contribution in [0, 0.1) is 25.2 Å². The van der Waals surface area contributed by atoms with Gasteiger partial charge in [-0.25, -0.2) is 9.97 Å². The molecule has 1 amide bonds. The van der Waals surface area contributed by atoms with Crippen molar-refractivity contribution in [3.8, 4) is 6.07 Å². The third kappa shape index (κ3) is 4.22. The third-order valence-electron chi connectivity index (χ3n) is 3.67. The summed E-state index contributed by atoms with van der Waals surface area (Å²) in [7, 11) is 0. The zero-order chi connectivity index (χ0) is 18.5. The number of nitriles is 1. The second kappa shape index (κ2) is 7.45. The van der Waals surface area contributed by atoms with Crippen LogP contribution in [0.4, 0.5) is 17.3 Å². The Morgan fingerprint density at radius 3 is 2.27 bits per heavy atom. The molecule has 0 atom stereocenters. The summed E-state index contributed by atoms with van der Waals surface area (Å²) in [6.07, 6.45) is 0. The maximum Gasteiger partial charge on any atom is 0.274 e. The van der Waals surface area contributed by atoms with Gasteiger partial charge in [0.25, 0.3) is 5.91 Å². The summed E-state index contributed by atoms with van der Waals surface area (Å²) in [6, 6.07) is 18.1. The summed E-state index contributed by atoms with van der Waals surface area (Å²) in [6.45, 7) is 3.82. The minimum atomic E-state index is -0.341. The van der Waals surface area contributed by atoms with Crippen molar-refractivity contribution in [3.63, 3.8) is 0 Å². The smallest absolute Gasteiger partial charge is 0.274 e. The van der Waals surface area contributed by atoms with E-state index in [0.29, 0.717) is 22.9 Å². The second-order valence-corrected chi connectivity index (χ2v) is 5.85. The lowest BCUT2D eigenvalue weighted by Crippen LogP contribution is -2.15. The second-order valence-electron chi connectivity index (χ2n) is 5.85. The number of nitrogens with one attached hydrogen (secondary N) is 2. The summed E-state index contributed by atoms with van der Waals surface area (Å²) in [5.74, 6) is 0.0194. The molecule has 1 aromatic heterocycles. The molecule has 0 spiro atoms. The van der Waals surface area contributed by atoms with Crippen molar-refractivity contribution < 1.29 is 4.79 Å². The molecule has 0 saturated heterocycles. The van der Waals surface area contributed by atoms with Gasteiger partial charge in [0.15, 0.2) is 0 Å². The zero-order valence-electron chi connectivity index (χ0n) is 14.4. The minimum absolute atomic E-state index is 0.261. The third-order valence-corrected chi connectivity index (χ3v) is 3.67. The molecular formula is C20H17N5O. The molecule has 1 heterocycles. The van der Waals surface area contributed by atoms with Gasteiger partial charge >= 0.3 is 0 Å². The first-order valence-electron chi connectivity index (χ1n) is 8.04. The maximum atomic E-state index is 12.5. The molecule has 128 valence electrons. The van der Waals surface area contributed by atoms with E-state index in [1.807, 2.05) is 37.3 Å². The van der Waals surface area contributed by atoms with E-state index in [9.17, 15) is 4.79 Å². The van der Waals surface area contributed by atoms with Crippen molar-refractivity contribution in [2.75, 3.05) is 10.6 Å². The predicted molar refractivity (Wildman–Crippen MR) is 100 cm³/mol. The summed E-state index contributed by atoms with van der Waals surface area (Å²) >= 11 is 0. The lowest BCUT2D eigenvalue weighted by atomic mass is 10.2. The average Bonchev–Trinajstić information content (AvgIpc) is 2.64. The first-order valence-corrected chi connectivity index (χ1v) is 8.04.